The summed E-state index contributed by atoms with van der Waals surface area (Å²) in [7, 11) is 0. The molecule has 0 heterocycles. The van der Waals surface area contributed by atoms with E-state index in [-0.39, 0.29) is 18.6 Å². The maximum Gasteiger partial charge on any atom is 0.0480 e. The molecule has 2 nitrogen and oxygen atoms in total. The summed E-state index contributed by atoms with van der Waals surface area (Å²) in [5.74, 6) is 0.198. The van der Waals surface area contributed by atoms with Gasteiger partial charge in [-0.25, -0.2) is 0 Å². The van der Waals surface area contributed by atoms with E-state index in [0.29, 0.717) is 0 Å². The highest BCUT2D eigenvalue weighted by Crippen LogP contribution is 2.35. The molecule has 3 N–H and O–H groups in total. The molecule has 70 valence electrons. The van der Waals surface area contributed by atoms with Crippen LogP contribution in [-0.2, 0) is 6.42 Å². The van der Waals surface area contributed by atoms with Crippen molar-refractivity contribution in [2.75, 3.05) is 6.61 Å². The van der Waals surface area contributed by atoms with Crippen LogP contribution in [0.4, 0.5) is 0 Å². The number of halogens is 1. The van der Waals surface area contributed by atoms with Crippen LogP contribution in [-0.4, -0.2) is 11.7 Å². The van der Waals surface area contributed by atoms with Crippen LogP contribution in [0.1, 0.15) is 17.2 Å². The minimum absolute atomic E-state index is 0.00750. The van der Waals surface area contributed by atoms with Crippen molar-refractivity contribution in [3.63, 3.8) is 0 Å². The predicted octanol–water partition coefficient (Wildman–Crippen LogP) is 1.61. The summed E-state index contributed by atoms with van der Waals surface area (Å²) in [5, 5.41) is 9.09. The molecule has 0 radical (unpaired) electrons. The van der Waals surface area contributed by atoms with Crippen LogP contribution in [0.25, 0.3) is 0 Å². The fraction of sp³-hybridized carbons (Fsp3) is 0.400. The molecule has 0 saturated heterocycles. The normalized spacial score (nSPS) is 26.1. The van der Waals surface area contributed by atoms with Crippen LogP contribution in [0.5, 0.6) is 0 Å². The Kier molecular flexibility index (Phi) is 2.41. The van der Waals surface area contributed by atoms with E-state index in [1.165, 1.54) is 11.1 Å². The number of hydrogen-bond acceptors (Lipinski definition) is 2. The number of nitrogens with two attached hydrogens (primary N) is 1. The molecule has 1 aromatic rings. The van der Waals surface area contributed by atoms with E-state index in [1.807, 2.05) is 12.1 Å². The van der Waals surface area contributed by atoms with Gasteiger partial charge in [-0.2, -0.15) is 0 Å². The number of fused-ring (bicyclic) bond motifs is 1. The summed E-state index contributed by atoms with van der Waals surface area (Å²) < 4.78 is 1.08. The van der Waals surface area contributed by atoms with Gasteiger partial charge in [0.1, 0.15) is 0 Å². The molecule has 1 aliphatic rings. The lowest BCUT2D eigenvalue weighted by Crippen LogP contribution is -2.19. The lowest BCUT2D eigenvalue weighted by Gasteiger charge is -2.11. The Balaban J connectivity index is 2.38. The minimum atomic E-state index is 0.00750. The van der Waals surface area contributed by atoms with Crippen LogP contribution in [0.2, 0.25) is 0 Å². The van der Waals surface area contributed by atoms with Gasteiger partial charge in [0.05, 0.1) is 0 Å². The number of hydrogen-bond donors (Lipinski definition) is 2. The van der Waals surface area contributed by atoms with Gasteiger partial charge in [-0.05, 0) is 29.7 Å². The molecule has 0 fully saturated rings. The molecule has 2 atom stereocenters. The molecule has 0 amide bonds. The average Bonchev–Trinajstić information content (AvgIpc) is 2.42. The first-order valence-corrected chi connectivity index (χ1v) is 5.16. The van der Waals surface area contributed by atoms with E-state index in [4.69, 9.17) is 10.8 Å². The Hall–Kier alpha value is -0.380. The first kappa shape index (κ1) is 9.19. The third-order valence-corrected chi connectivity index (χ3v) is 3.18. The smallest absolute Gasteiger partial charge is 0.0480 e. The average molecular weight is 242 g/mol. The lowest BCUT2D eigenvalue weighted by molar-refractivity contribution is 0.214. The molecule has 0 bridgehead atoms. The van der Waals surface area contributed by atoms with Crippen molar-refractivity contribution in [2.24, 2.45) is 11.7 Å². The minimum Gasteiger partial charge on any atom is -0.396 e. The Morgan fingerprint density at radius 1 is 1.54 bits per heavy atom. The first-order chi connectivity index (χ1) is 6.22. The van der Waals surface area contributed by atoms with Crippen molar-refractivity contribution in [1.29, 1.82) is 0 Å². The molecule has 1 aliphatic carbocycles. The summed E-state index contributed by atoms with van der Waals surface area (Å²) in [4.78, 5) is 0. The molecule has 0 spiro atoms. The third kappa shape index (κ3) is 1.52. The van der Waals surface area contributed by atoms with Gasteiger partial charge >= 0.3 is 0 Å². The fourth-order valence-electron chi connectivity index (χ4n) is 1.92. The molecule has 0 aliphatic heterocycles. The Bertz CT molecular complexity index is 327. The van der Waals surface area contributed by atoms with Crippen molar-refractivity contribution >= 4 is 15.9 Å². The van der Waals surface area contributed by atoms with Gasteiger partial charge in [-0.15, -0.1) is 0 Å². The van der Waals surface area contributed by atoms with E-state index in [9.17, 15) is 0 Å². The fourth-order valence-corrected chi connectivity index (χ4v) is 2.33. The van der Waals surface area contributed by atoms with E-state index < -0.39 is 0 Å². The summed E-state index contributed by atoms with van der Waals surface area (Å²) >= 11 is 3.42. The molecular formula is C10H12BrNO. The maximum atomic E-state index is 9.09. The van der Waals surface area contributed by atoms with Crippen LogP contribution in [0.15, 0.2) is 22.7 Å². The quantitative estimate of drug-likeness (QED) is 0.785. The first-order valence-electron chi connectivity index (χ1n) is 4.37. The zero-order valence-electron chi connectivity index (χ0n) is 7.20. The topological polar surface area (TPSA) is 46.2 Å². The zero-order chi connectivity index (χ0) is 9.42. The highest BCUT2D eigenvalue weighted by molar-refractivity contribution is 9.10. The van der Waals surface area contributed by atoms with Gasteiger partial charge < -0.3 is 10.8 Å². The predicted molar refractivity (Wildman–Crippen MR) is 55.4 cm³/mol. The van der Waals surface area contributed by atoms with Crippen molar-refractivity contribution in [3.8, 4) is 0 Å². The molecule has 0 saturated carbocycles. The van der Waals surface area contributed by atoms with Gasteiger partial charge in [0.15, 0.2) is 0 Å². The summed E-state index contributed by atoms with van der Waals surface area (Å²) in [6.45, 7) is 0.174. The second-order valence-corrected chi connectivity index (χ2v) is 4.43. The highest BCUT2D eigenvalue weighted by Gasteiger charge is 2.28. The molecule has 2 rings (SSSR count). The van der Waals surface area contributed by atoms with Crippen molar-refractivity contribution < 1.29 is 5.11 Å². The molecule has 0 unspecified atom stereocenters. The molecular weight excluding hydrogens is 230 g/mol. The second kappa shape index (κ2) is 3.40. The van der Waals surface area contributed by atoms with E-state index in [2.05, 4.69) is 22.0 Å². The summed E-state index contributed by atoms with van der Waals surface area (Å²) in [5.41, 5.74) is 8.42. The SMILES string of the molecule is N[C@H]1c2ccc(Br)cc2C[C@H]1CO. The Labute approximate surface area is 85.9 Å². The maximum absolute atomic E-state index is 9.09. The van der Waals surface area contributed by atoms with Crippen LogP contribution in [0.3, 0.4) is 0 Å². The standard InChI is InChI=1S/C10H12BrNO/c11-8-1-2-9-6(4-8)3-7(5-13)10(9)12/h1-2,4,7,10,13H,3,5,12H2/t7-,10+/m0/s1. The van der Waals surface area contributed by atoms with Gasteiger partial charge in [0.2, 0.25) is 0 Å². The number of aliphatic hydroxyl groups is 1. The second-order valence-electron chi connectivity index (χ2n) is 3.52. The Morgan fingerprint density at radius 2 is 2.31 bits per heavy atom. The van der Waals surface area contributed by atoms with Gasteiger partial charge in [0.25, 0.3) is 0 Å². The lowest BCUT2D eigenvalue weighted by atomic mass is 10.0. The molecule has 3 heteroatoms. The van der Waals surface area contributed by atoms with Gasteiger partial charge in [-0.1, -0.05) is 22.0 Å². The van der Waals surface area contributed by atoms with E-state index in [1.54, 1.807) is 0 Å². The van der Waals surface area contributed by atoms with Crippen molar-refractivity contribution in [3.05, 3.63) is 33.8 Å². The number of aliphatic hydroxyl groups excluding tert-OH is 1. The Morgan fingerprint density at radius 3 is 3.00 bits per heavy atom. The van der Waals surface area contributed by atoms with Gasteiger partial charge in [0, 0.05) is 23.0 Å². The molecule has 13 heavy (non-hydrogen) atoms. The zero-order valence-corrected chi connectivity index (χ0v) is 8.79. The van der Waals surface area contributed by atoms with Crippen molar-refractivity contribution in [1.82, 2.24) is 0 Å². The monoisotopic (exact) mass is 241 g/mol. The molecule has 1 aromatic carbocycles. The third-order valence-electron chi connectivity index (χ3n) is 2.69. The van der Waals surface area contributed by atoms with E-state index in [0.717, 1.165) is 10.9 Å². The number of rotatable bonds is 1. The van der Waals surface area contributed by atoms with Gasteiger partial charge in [-0.3, -0.25) is 0 Å². The van der Waals surface area contributed by atoms with E-state index >= 15 is 0 Å². The summed E-state index contributed by atoms with van der Waals surface area (Å²) in [6.07, 6.45) is 0.895. The largest absolute Gasteiger partial charge is 0.396 e. The number of benzene rings is 1. The highest BCUT2D eigenvalue weighted by atomic mass is 79.9. The van der Waals surface area contributed by atoms with Crippen LogP contribution in [0, 0.1) is 5.92 Å². The van der Waals surface area contributed by atoms with Crippen molar-refractivity contribution in [2.45, 2.75) is 12.5 Å². The van der Waals surface area contributed by atoms with Crippen LogP contribution >= 0.6 is 15.9 Å². The van der Waals surface area contributed by atoms with Crippen LogP contribution < -0.4 is 5.73 Å². The molecule has 0 aromatic heterocycles. The summed E-state index contributed by atoms with van der Waals surface area (Å²) in [6, 6.07) is 6.14.